The third-order valence-electron chi connectivity index (χ3n) is 5.02. The van der Waals surface area contributed by atoms with Crippen molar-refractivity contribution in [2.45, 2.75) is 18.8 Å². The van der Waals surface area contributed by atoms with Gasteiger partial charge in [0.1, 0.15) is 22.9 Å². The Kier molecular flexibility index (Phi) is 4.11. The first-order chi connectivity index (χ1) is 12.5. The number of carbonyl (C=O) groups is 1. The number of benzene rings is 2. The number of rotatable bonds is 2. The molecule has 1 aromatic heterocycles. The second-order valence-electron chi connectivity index (χ2n) is 6.66. The number of carbonyl (C=O) groups excluding carboxylic acids is 1. The summed E-state index contributed by atoms with van der Waals surface area (Å²) in [4.78, 5) is 17.5. The molecule has 2 aromatic carbocycles. The van der Waals surface area contributed by atoms with Crippen molar-refractivity contribution in [1.82, 2.24) is 9.88 Å². The van der Waals surface area contributed by atoms with E-state index in [9.17, 15) is 18.7 Å². The topological polar surface area (TPSA) is 56.3 Å². The molecular weight excluding hydrogens is 338 g/mol. The molecule has 6 heteroatoms. The number of para-hydroxylation sites is 1. The summed E-state index contributed by atoms with van der Waals surface area (Å²) in [5.74, 6) is -2.92. The number of halogens is 2. The molecule has 0 saturated carbocycles. The summed E-state index contributed by atoms with van der Waals surface area (Å²) < 4.78 is 27.0. The van der Waals surface area contributed by atoms with Crippen LogP contribution in [0.15, 0.2) is 42.5 Å². The number of phenolic OH excluding ortho intramolecular Hbond substituents is 1. The first-order valence-corrected chi connectivity index (χ1v) is 8.58. The molecule has 0 unspecified atom stereocenters. The van der Waals surface area contributed by atoms with E-state index in [4.69, 9.17) is 0 Å². The van der Waals surface area contributed by atoms with E-state index in [0.717, 1.165) is 35.5 Å². The Hall–Kier alpha value is -2.89. The number of H-pyrrole nitrogens is 1. The molecule has 1 fully saturated rings. The van der Waals surface area contributed by atoms with Crippen molar-refractivity contribution in [1.29, 1.82) is 0 Å². The normalized spacial score (nSPS) is 15.5. The number of piperidine rings is 1. The first-order valence-electron chi connectivity index (χ1n) is 8.58. The SMILES string of the molecule is O=C(c1c(O)cc(F)cc1F)N1CCC(c2cc3ccccc3[nH]2)CC1. The number of aromatic amines is 1. The number of phenols is 1. The number of likely N-dealkylation sites (tertiary alicyclic amines) is 1. The minimum Gasteiger partial charge on any atom is -0.507 e. The quantitative estimate of drug-likeness (QED) is 0.724. The average molecular weight is 356 g/mol. The average Bonchev–Trinajstić information content (AvgIpc) is 3.05. The van der Waals surface area contributed by atoms with Crippen LogP contribution in [-0.2, 0) is 0 Å². The van der Waals surface area contributed by atoms with Gasteiger partial charge >= 0.3 is 0 Å². The van der Waals surface area contributed by atoms with Crippen molar-refractivity contribution in [2.75, 3.05) is 13.1 Å². The first kappa shape index (κ1) is 16.6. The van der Waals surface area contributed by atoms with E-state index in [0.29, 0.717) is 19.2 Å². The fourth-order valence-electron chi connectivity index (χ4n) is 3.64. The van der Waals surface area contributed by atoms with E-state index in [-0.39, 0.29) is 5.92 Å². The number of nitrogens with zero attached hydrogens (tertiary/aromatic N) is 1. The van der Waals surface area contributed by atoms with E-state index >= 15 is 0 Å². The van der Waals surface area contributed by atoms with Crippen LogP contribution in [0.25, 0.3) is 10.9 Å². The highest BCUT2D eigenvalue weighted by molar-refractivity contribution is 5.97. The number of amides is 1. The zero-order valence-corrected chi connectivity index (χ0v) is 14.0. The number of aromatic hydroxyl groups is 1. The van der Waals surface area contributed by atoms with Crippen molar-refractivity contribution >= 4 is 16.8 Å². The maximum atomic E-state index is 13.9. The lowest BCUT2D eigenvalue weighted by Crippen LogP contribution is -2.38. The Morgan fingerprint density at radius 3 is 2.54 bits per heavy atom. The Morgan fingerprint density at radius 1 is 1.12 bits per heavy atom. The molecule has 4 nitrogen and oxygen atoms in total. The molecule has 0 spiro atoms. The van der Waals surface area contributed by atoms with Crippen LogP contribution in [0.1, 0.15) is 34.8 Å². The van der Waals surface area contributed by atoms with E-state index in [1.165, 1.54) is 4.90 Å². The Labute approximate surface area is 149 Å². The standard InChI is InChI=1S/C20H18F2N2O2/c21-14-10-15(22)19(18(25)11-14)20(26)24-7-5-12(6-8-24)17-9-13-3-1-2-4-16(13)23-17/h1-4,9-12,23,25H,5-8H2. The lowest BCUT2D eigenvalue weighted by molar-refractivity contribution is 0.0704. The van der Waals surface area contributed by atoms with Gasteiger partial charge in [0, 0.05) is 42.4 Å². The summed E-state index contributed by atoms with van der Waals surface area (Å²) >= 11 is 0. The minimum absolute atomic E-state index is 0.290. The second kappa shape index (κ2) is 6.44. The van der Waals surface area contributed by atoms with Crippen molar-refractivity contribution in [3.05, 3.63) is 65.4 Å². The predicted molar refractivity (Wildman–Crippen MR) is 94.2 cm³/mol. The lowest BCUT2D eigenvalue weighted by atomic mass is 9.93. The van der Waals surface area contributed by atoms with Crippen molar-refractivity contribution < 1.29 is 18.7 Å². The minimum atomic E-state index is -1.04. The molecule has 134 valence electrons. The zero-order chi connectivity index (χ0) is 18.3. The van der Waals surface area contributed by atoms with Gasteiger partial charge in [-0.3, -0.25) is 4.79 Å². The van der Waals surface area contributed by atoms with Gasteiger partial charge in [-0.1, -0.05) is 18.2 Å². The molecule has 3 aromatic rings. The monoisotopic (exact) mass is 356 g/mol. The molecule has 0 aliphatic carbocycles. The molecule has 1 aliphatic rings. The molecule has 1 aliphatic heterocycles. The Bertz CT molecular complexity index is 919. The van der Waals surface area contributed by atoms with E-state index < -0.39 is 28.9 Å². The largest absolute Gasteiger partial charge is 0.507 e. The Balaban J connectivity index is 1.49. The van der Waals surface area contributed by atoms with Crippen LogP contribution in [0, 0.1) is 11.6 Å². The smallest absolute Gasteiger partial charge is 0.260 e. The van der Waals surface area contributed by atoms with Gasteiger partial charge in [0.2, 0.25) is 0 Å². The number of hydrogen-bond acceptors (Lipinski definition) is 2. The highest BCUT2D eigenvalue weighted by Crippen LogP contribution is 2.31. The number of hydrogen-bond donors (Lipinski definition) is 2. The molecule has 0 atom stereocenters. The van der Waals surface area contributed by atoms with Crippen molar-refractivity contribution in [3.8, 4) is 5.75 Å². The lowest BCUT2D eigenvalue weighted by Gasteiger charge is -2.32. The molecule has 1 saturated heterocycles. The zero-order valence-electron chi connectivity index (χ0n) is 14.0. The van der Waals surface area contributed by atoms with Gasteiger partial charge in [-0.05, 0) is 30.4 Å². The molecule has 0 bridgehead atoms. The summed E-state index contributed by atoms with van der Waals surface area (Å²) in [7, 11) is 0. The van der Waals surface area contributed by atoms with E-state index in [1.54, 1.807) is 0 Å². The maximum Gasteiger partial charge on any atom is 0.260 e. The van der Waals surface area contributed by atoms with Gasteiger partial charge in [-0.25, -0.2) is 8.78 Å². The third kappa shape index (κ3) is 2.92. The van der Waals surface area contributed by atoms with E-state index in [1.807, 2.05) is 24.3 Å². The summed E-state index contributed by atoms with van der Waals surface area (Å²) in [6.07, 6.45) is 1.48. The van der Waals surface area contributed by atoms with Gasteiger partial charge < -0.3 is 15.0 Å². The van der Waals surface area contributed by atoms with Crippen molar-refractivity contribution in [3.63, 3.8) is 0 Å². The fourth-order valence-corrected chi connectivity index (χ4v) is 3.64. The summed E-state index contributed by atoms with van der Waals surface area (Å²) in [6, 6.07) is 11.5. The van der Waals surface area contributed by atoms with E-state index in [2.05, 4.69) is 11.1 Å². The molecule has 0 radical (unpaired) electrons. The highest BCUT2D eigenvalue weighted by Gasteiger charge is 2.29. The van der Waals surface area contributed by atoms with Gasteiger partial charge in [-0.2, -0.15) is 0 Å². The maximum absolute atomic E-state index is 13.9. The van der Waals surface area contributed by atoms with Crippen LogP contribution in [0.2, 0.25) is 0 Å². The molecule has 1 amide bonds. The third-order valence-corrected chi connectivity index (χ3v) is 5.02. The van der Waals surface area contributed by atoms with Gasteiger partial charge in [0.05, 0.1) is 0 Å². The number of fused-ring (bicyclic) bond motifs is 1. The van der Waals surface area contributed by atoms with Crippen LogP contribution < -0.4 is 0 Å². The van der Waals surface area contributed by atoms with Crippen LogP contribution in [0.3, 0.4) is 0 Å². The summed E-state index contributed by atoms with van der Waals surface area (Å²) in [6.45, 7) is 0.907. The molecule has 2 N–H and O–H groups in total. The van der Waals surface area contributed by atoms with Crippen LogP contribution in [0.5, 0.6) is 5.75 Å². The number of nitrogens with one attached hydrogen (secondary N) is 1. The highest BCUT2D eigenvalue weighted by atomic mass is 19.1. The Morgan fingerprint density at radius 2 is 1.85 bits per heavy atom. The predicted octanol–water partition coefficient (Wildman–Crippen LogP) is 4.17. The van der Waals surface area contributed by atoms with Crippen molar-refractivity contribution in [2.24, 2.45) is 0 Å². The van der Waals surface area contributed by atoms with Gasteiger partial charge in [0.15, 0.2) is 0 Å². The van der Waals surface area contributed by atoms with Crippen LogP contribution in [-0.4, -0.2) is 34.0 Å². The second-order valence-corrected chi connectivity index (χ2v) is 6.66. The number of aromatic nitrogens is 1. The van der Waals surface area contributed by atoms with Crippen LogP contribution in [0.4, 0.5) is 8.78 Å². The van der Waals surface area contributed by atoms with Gasteiger partial charge in [-0.15, -0.1) is 0 Å². The summed E-state index contributed by atoms with van der Waals surface area (Å²) in [5, 5.41) is 10.9. The van der Waals surface area contributed by atoms with Crippen LogP contribution >= 0.6 is 0 Å². The molecular formula is C20H18F2N2O2. The molecule has 4 rings (SSSR count). The van der Waals surface area contributed by atoms with Gasteiger partial charge in [0.25, 0.3) is 5.91 Å². The molecule has 26 heavy (non-hydrogen) atoms. The summed E-state index contributed by atoms with van der Waals surface area (Å²) in [5.41, 5.74) is 1.75. The molecule has 2 heterocycles. The fraction of sp³-hybridized carbons (Fsp3) is 0.250.